The monoisotopic (exact) mass is 750 g/mol. The highest BCUT2D eigenvalue weighted by Crippen LogP contribution is 2.31. The van der Waals surface area contributed by atoms with E-state index in [9.17, 15) is 47.9 Å². The van der Waals surface area contributed by atoms with Crippen molar-refractivity contribution in [2.75, 3.05) is 6.61 Å². The first-order valence-electron chi connectivity index (χ1n) is 15.5. The zero-order valence-corrected chi connectivity index (χ0v) is 30.1. The largest absolute Gasteiger partial charge is 0.460 e. The summed E-state index contributed by atoms with van der Waals surface area (Å²) < 4.78 is 56.9. The van der Waals surface area contributed by atoms with E-state index < -0.39 is 128 Å². The second-order valence-corrected chi connectivity index (χ2v) is 11.1. The van der Waals surface area contributed by atoms with E-state index >= 15 is 0 Å². The van der Waals surface area contributed by atoms with Gasteiger partial charge in [0.2, 0.25) is 12.4 Å². The van der Waals surface area contributed by atoms with E-state index in [0.717, 1.165) is 69.2 Å². The lowest BCUT2D eigenvalue weighted by Crippen LogP contribution is -2.64. The molecule has 21 heteroatoms. The first-order chi connectivity index (χ1) is 24.0. The molecule has 0 N–H and O–H groups in total. The second kappa shape index (κ2) is 20.5. The summed E-state index contributed by atoms with van der Waals surface area (Å²) >= 11 is 0. The second-order valence-electron chi connectivity index (χ2n) is 11.1. The Kier molecular flexibility index (Phi) is 17.6. The van der Waals surface area contributed by atoms with E-state index in [2.05, 4.69) is 0 Å². The molecule has 10 unspecified atom stereocenters. The molecule has 21 nitrogen and oxygen atoms in total. The lowest BCUT2D eigenvalue weighted by atomic mass is 9.97. The van der Waals surface area contributed by atoms with Crippen molar-refractivity contribution in [2.24, 2.45) is 0 Å². The molecular formula is C31H42O21. The first kappa shape index (κ1) is 44.7. The van der Waals surface area contributed by atoms with Crippen LogP contribution in [0.25, 0.3) is 0 Å². The van der Waals surface area contributed by atoms with E-state index in [0.29, 0.717) is 0 Å². The van der Waals surface area contributed by atoms with E-state index in [-0.39, 0.29) is 0 Å². The van der Waals surface area contributed by atoms with Crippen LogP contribution in [-0.4, -0.2) is 128 Å². The molecule has 0 bridgehead atoms. The number of carbonyl (C=O) groups is 10. The van der Waals surface area contributed by atoms with E-state index in [1.54, 1.807) is 0 Å². The van der Waals surface area contributed by atoms with Crippen molar-refractivity contribution in [3.05, 3.63) is 0 Å². The summed E-state index contributed by atoms with van der Waals surface area (Å²) in [6.07, 6.45) is -18.2. The quantitative estimate of drug-likeness (QED) is 0.139. The highest BCUT2D eigenvalue weighted by molar-refractivity contribution is 5.81. The molecule has 0 radical (unpaired) electrons. The van der Waals surface area contributed by atoms with E-state index in [1.165, 1.54) is 0 Å². The van der Waals surface area contributed by atoms with Crippen molar-refractivity contribution in [3.63, 3.8) is 0 Å². The standard InChI is InChI=1S/C31H42O21/c1-12(43-17(6)32)26(37)42-11-22-23(49-27(38)13(2)44-18(7)33)24(50-28(39)14(3)45-19(8)34)25(51-29(40)15(4)46-20(9)35)31(48-22)52-30(41)16(5)47-21(10)36/h12-16,22-25,31H,11H2,1-10H3. The van der Waals surface area contributed by atoms with E-state index in [1.807, 2.05) is 0 Å². The molecule has 52 heavy (non-hydrogen) atoms. The Morgan fingerprint density at radius 2 is 0.712 bits per heavy atom. The third kappa shape index (κ3) is 14.9. The Hall–Kier alpha value is -5.34. The Morgan fingerprint density at radius 3 is 1.06 bits per heavy atom. The van der Waals surface area contributed by atoms with Crippen molar-refractivity contribution in [3.8, 4) is 0 Å². The number of esters is 10. The summed E-state index contributed by atoms with van der Waals surface area (Å²) in [5, 5.41) is 0. The van der Waals surface area contributed by atoms with Gasteiger partial charge >= 0.3 is 59.7 Å². The summed E-state index contributed by atoms with van der Waals surface area (Å²) in [6, 6.07) is 0. The predicted molar refractivity (Wildman–Crippen MR) is 161 cm³/mol. The molecule has 0 aromatic heterocycles. The minimum absolute atomic E-state index is 0.847. The number of rotatable bonds is 16. The zero-order valence-electron chi connectivity index (χ0n) is 30.1. The minimum Gasteiger partial charge on any atom is -0.460 e. The maximum absolute atomic E-state index is 13.2. The van der Waals surface area contributed by atoms with Crippen LogP contribution in [0.1, 0.15) is 69.2 Å². The Morgan fingerprint density at radius 1 is 0.423 bits per heavy atom. The fraction of sp³-hybridized carbons (Fsp3) is 0.677. The third-order valence-electron chi connectivity index (χ3n) is 6.34. The lowest BCUT2D eigenvalue weighted by Gasteiger charge is -2.44. The molecule has 10 atom stereocenters. The number of ether oxygens (including phenoxy) is 11. The maximum Gasteiger partial charge on any atom is 0.349 e. The van der Waals surface area contributed by atoms with Crippen LogP contribution in [0.5, 0.6) is 0 Å². The molecule has 0 saturated carbocycles. The van der Waals surface area contributed by atoms with Crippen molar-refractivity contribution < 1.29 is 100 Å². The Labute approximate surface area is 297 Å². The Balaban J connectivity index is 3.89. The SMILES string of the molecule is CC(=O)OC(C)C(=O)OCC1OC(OC(=O)C(C)OC(C)=O)C(OC(=O)C(C)OC(C)=O)C(OC(=O)C(C)OC(C)=O)C1OC(=O)C(C)OC(C)=O. The summed E-state index contributed by atoms with van der Waals surface area (Å²) in [7, 11) is 0. The van der Waals surface area contributed by atoms with Crippen molar-refractivity contribution in [1.82, 2.24) is 0 Å². The van der Waals surface area contributed by atoms with Gasteiger partial charge in [0.05, 0.1) is 0 Å². The van der Waals surface area contributed by atoms with Gasteiger partial charge in [-0.1, -0.05) is 0 Å². The smallest absolute Gasteiger partial charge is 0.349 e. The van der Waals surface area contributed by atoms with Gasteiger partial charge in [0.25, 0.3) is 0 Å². The minimum atomic E-state index is -2.17. The normalized spacial score (nSPS) is 22.2. The molecule has 292 valence electrons. The van der Waals surface area contributed by atoms with E-state index in [4.69, 9.17) is 52.1 Å². The van der Waals surface area contributed by atoms with Crippen LogP contribution in [-0.2, 0) is 100 Å². The molecule has 1 aliphatic heterocycles. The molecule has 0 aromatic rings. The highest BCUT2D eigenvalue weighted by atomic mass is 16.8. The van der Waals surface area contributed by atoms with Crippen LogP contribution in [0.4, 0.5) is 0 Å². The summed E-state index contributed by atoms with van der Waals surface area (Å²) in [5.74, 6) is -11.0. The molecular weight excluding hydrogens is 708 g/mol. The fourth-order valence-electron chi connectivity index (χ4n) is 4.18. The number of carbonyl (C=O) groups excluding carboxylic acids is 10. The highest BCUT2D eigenvalue weighted by Gasteiger charge is 2.55. The van der Waals surface area contributed by atoms with Gasteiger partial charge in [-0.05, 0) is 34.6 Å². The van der Waals surface area contributed by atoms with Crippen LogP contribution in [0.2, 0.25) is 0 Å². The average Bonchev–Trinajstić information content (AvgIpc) is 3.00. The molecule has 1 aliphatic rings. The zero-order chi connectivity index (χ0) is 40.0. The first-order valence-corrected chi connectivity index (χ1v) is 15.5. The van der Waals surface area contributed by atoms with Gasteiger partial charge in [0, 0.05) is 34.6 Å². The fourth-order valence-corrected chi connectivity index (χ4v) is 4.18. The van der Waals surface area contributed by atoms with Crippen LogP contribution < -0.4 is 0 Å². The molecule has 0 spiro atoms. The Bertz CT molecular complexity index is 1370. The van der Waals surface area contributed by atoms with Crippen LogP contribution in [0, 0.1) is 0 Å². The lowest BCUT2D eigenvalue weighted by molar-refractivity contribution is -0.305. The molecule has 0 amide bonds. The number of hydrogen-bond donors (Lipinski definition) is 0. The van der Waals surface area contributed by atoms with Crippen LogP contribution in [0.15, 0.2) is 0 Å². The molecule has 1 fully saturated rings. The van der Waals surface area contributed by atoms with Gasteiger partial charge in [-0.3, -0.25) is 24.0 Å². The van der Waals surface area contributed by atoms with Gasteiger partial charge in [-0.2, -0.15) is 0 Å². The van der Waals surface area contributed by atoms with Gasteiger partial charge in [-0.25, -0.2) is 24.0 Å². The van der Waals surface area contributed by atoms with Gasteiger partial charge < -0.3 is 52.1 Å². The molecule has 1 rings (SSSR count). The maximum atomic E-state index is 13.2. The topological polar surface area (TPSA) is 272 Å². The van der Waals surface area contributed by atoms with Gasteiger partial charge in [-0.15, -0.1) is 0 Å². The van der Waals surface area contributed by atoms with Crippen molar-refractivity contribution in [1.29, 1.82) is 0 Å². The predicted octanol–water partition coefficient (Wildman–Crippen LogP) is -0.709. The summed E-state index contributed by atoms with van der Waals surface area (Å²) in [5.41, 5.74) is 0. The van der Waals surface area contributed by atoms with Gasteiger partial charge in [0.1, 0.15) is 12.7 Å². The van der Waals surface area contributed by atoms with Crippen molar-refractivity contribution in [2.45, 2.75) is 130 Å². The van der Waals surface area contributed by atoms with Gasteiger partial charge in [0.15, 0.2) is 42.7 Å². The molecule has 0 aliphatic carbocycles. The summed E-state index contributed by atoms with van der Waals surface area (Å²) in [6.45, 7) is 9.54. The third-order valence-corrected chi connectivity index (χ3v) is 6.34. The van der Waals surface area contributed by atoms with Crippen LogP contribution >= 0.6 is 0 Å². The molecule has 1 saturated heterocycles. The molecule has 1 heterocycles. The number of hydrogen-bond acceptors (Lipinski definition) is 21. The average molecular weight is 751 g/mol. The summed E-state index contributed by atoms with van der Waals surface area (Å²) in [4.78, 5) is 123. The van der Waals surface area contributed by atoms with Crippen molar-refractivity contribution >= 4 is 59.7 Å². The van der Waals surface area contributed by atoms with Crippen LogP contribution in [0.3, 0.4) is 0 Å². The molecule has 0 aromatic carbocycles.